The average molecular weight is 416 g/mol. The second-order valence-electron chi connectivity index (χ2n) is 7.26. The largest absolute Gasteiger partial charge is 0.508 e. The van der Waals surface area contributed by atoms with Crippen LogP contribution >= 0.6 is 0 Å². The molecule has 0 bridgehead atoms. The highest BCUT2D eigenvalue weighted by Crippen LogP contribution is 2.41. The first kappa shape index (κ1) is 20.2. The van der Waals surface area contributed by atoms with Gasteiger partial charge in [0.2, 0.25) is 0 Å². The predicted molar refractivity (Wildman–Crippen MR) is 116 cm³/mol. The molecule has 1 N–H and O–H groups in total. The molecule has 7 nitrogen and oxygen atoms in total. The van der Waals surface area contributed by atoms with E-state index in [2.05, 4.69) is 0 Å². The second kappa shape index (κ2) is 7.95. The number of aryl methyl sites for hydroxylation is 1. The van der Waals surface area contributed by atoms with Crippen LogP contribution in [0.5, 0.6) is 5.75 Å². The number of rotatable bonds is 5. The number of para-hydroxylation sites is 1. The van der Waals surface area contributed by atoms with Gasteiger partial charge in [0.25, 0.3) is 5.69 Å². The molecule has 0 aliphatic rings. The first-order valence-corrected chi connectivity index (χ1v) is 9.60. The summed E-state index contributed by atoms with van der Waals surface area (Å²) in [5.74, 6) is -0.956. The Morgan fingerprint density at radius 1 is 1.06 bits per heavy atom. The van der Waals surface area contributed by atoms with E-state index in [1.54, 1.807) is 18.2 Å². The summed E-state index contributed by atoms with van der Waals surface area (Å²) < 4.78 is 6.83. The van der Waals surface area contributed by atoms with Crippen molar-refractivity contribution in [2.24, 2.45) is 7.05 Å². The fourth-order valence-electron chi connectivity index (χ4n) is 3.95. The van der Waals surface area contributed by atoms with Gasteiger partial charge < -0.3 is 14.4 Å². The maximum atomic E-state index is 12.1. The van der Waals surface area contributed by atoms with Gasteiger partial charge in [-0.15, -0.1) is 0 Å². The fraction of sp³-hybridized carbons (Fsp3) is 0.125. The van der Waals surface area contributed by atoms with Crippen molar-refractivity contribution >= 4 is 22.6 Å². The van der Waals surface area contributed by atoms with Gasteiger partial charge in [0.1, 0.15) is 5.75 Å². The molecule has 4 rings (SSSR count). The maximum Gasteiger partial charge on any atom is 0.337 e. The molecule has 0 aliphatic carbocycles. The Kier molecular flexibility index (Phi) is 5.17. The molecule has 1 atom stereocenters. The van der Waals surface area contributed by atoms with Crippen LogP contribution in [0.15, 0.2) is 72.9 Å². The first-order chi connectivity index (χ1) is 14.9. The maximum absolute atomic E-state index is 12.1. The number of phenolic OH excluding ortho intramolecular Hbond substituents is 1. The molecule has 3 aromatic carbocycles. The monoisotopic (exact) mass is 416 g/mol. The van der Waals surface area contributed by atoms with E-state index in [4.69, 9.17) is 4.74 Å². The van der Waals surface area contributed by atoms with Gasteiger partial charge in [-0.25, -0.2) is 4.79 Å². The zero-order valence-corrected chi connectivity index (χ0v) is 17.0. The van der Waals surface area contributed by atoms with E-state index in [1.807, 2.05) is 42.1 Å². The zero-order valence-electron chi connectivity index (χ0n) is 17.0. The molecule has 0 saturated carbocycles. The van der Waals surface area contributed by atoms with Gasteiger partial charge in [0.05, 0.1) is 17.6 Å². The lowest BCUT2D eigenvalue weighted by molar-refractivity contribution is -0.384. The van der Waals surface area contributed by atoms with Crippen molar-refractivity contribution in [3.05, 3.63) is 105 Å². The molecule has 156 valence electrons. The summed E-state index contributed by atoms with van der Waals surface area (Å²) in [6.45, 7) is 0. The molecular formula is C24H20N2O5. The summed E-state index contributed by atoms with van der Waals surface area (Å²) in [6.07, 6.45) is 1.97. The van der Waals surface area contributed by atoms with Crippen molar-refractivity contribution in [3.63, 3.8) is 0 Å². The van der Waals surface area contributed by atoms with E-state index >= 15 is 0 Å². The highest BCUT2D eigenvalue weighted by atomic mass is 16.6. The lowest BCUT2D eigenvalue weighted by Crippen LogP contribution is -2.07. The van der Waals surface area contributed by atoms with E-state index < -0.39 is 16.8 Å². The predicted octanol–water partition coefficient (Wildman–Crippen LogP) is 4.76. The summed E-state index contributed by atoms with van der Waals surface area (Å²) in [5.41, 5.74) is 3.46. The molecule has 31 heavy (non-hydrogen) atoms. The average Bonchev–Trinajstić information content (AvgIpc) is 3.11. The number of aromatic hydroxyl groups is 1. The smallest absolute Gasteiger partial charge is 0.337 e. The highest BCUT2D eigenvalue weighted by Gasteiger charge is 2.25. The van der Waals surface area contributed by atoms with Crippen LogP contribution in [-0.2, 0) is 11.8 Å². The van der Waals surface area contributed by atoms with Crippen molar-refractivity contribution in [1.29, 1.82) is 0 Å². The minimum atomic E-state index is -0.512. The molecule has 0 radical (unpaired) electrons. The van der Waals surface area contributed by atoms with Crippen LogP contribution in [0.2, 0.25) is 0 Å². The number of nitro benzene ring substituents is 1. The molecule has 0 spiro atoms. The van der Waals surface area contributed by atoms with E-state index in [-0.39, 0.29) is 11.4 Å². The number of carbonyl (C=O) groups is 1. The summed E-state index contributed by atoms with van der Waals surface area (Å²) in [5, 5.41) is 22.8. The fourth-order valence-corrected chi connectivity index (χ4v) is 3.95. The number of nitro groups is 1. The van der Waals surface area contributed by atoms with Gasteiger partial charge in [-0.3, -0.25) is 10.1 Å². The van der Waals surface area contributed by atoms with Crippen molar-refractivity contribution in [1.82, 2.24) is 4.57 Å². The highest BCUT2D eigenvalue weighted by molar-refractivity contribution is 5.90. The zero-order chi connectivity index (χ0) is 22.1. The van der Waals surface area contributed by atoms with Gasteiger partial charge in [-0.2, -0.15) is 0 Å². The topological polar surface area (TPSA) is 94.6 Å². The van der Waals surface area contributed by atoms with E-state index in [1.165, 1.54) is 31.4 Å². The van der Waals surface area contributed by atoms with Crippen LogP contribution in [0.1, 0.15) is 33.0 Å². The second-order valence-corrected chi connectivity index (χ2v) is 7.26. The summed E-state index contributed by atoms with van der Waals surface area (Å²) in [6, 6.07) is 18.7. The molecule has 0 amide bonds. The molecule has 0 aliphatic heterocycles. The molecule has 0 saturated heterocycles. The Morgan fingerprint density at radius 3 is 2.45 bits per heavy atom. The number of hydrogen-bond donors (Lipinski definition) is 1. The van der Waals surface area contributed by atoms with Crippen LogP contribution in [0.4, 0.5) is 5.69 Å². The summed E-state index contributed by atoms with van der Waals surface area (Å²) in [4.78, 5) is 22.8. The number of phenols is 1. The standard InChI is InChI=1S/C24H20N2O5/c1-25-14-20(18-5-3-4-6-21(18)25)23(15-7-10-17(11-8-15)26(29)30)19-13-16(24(28)31-2)9-12-22(19)27/h3-14,23,27H,1-2H3. The van der Waals surface area contributed by atoms with Crippen molar-refractivity contribution in [2.45, 2.75) is 5.92 Å². The molecular weight excluding hydrogens is 396 g/mol. The third-order valence-electron chi connectivity index (χ3n) is 5.44. The van der Waals surface area contributed by atoms with Gasteiger partial charge in [0, 0.05) is 47.8 Å². The molecule has 7 heteroatoms. The number of nitrogens with zero attached hydrogens (tertiary/aromatic N) is 2. The molecule has 1 heterocycles. The van der Waals surface area contributed by atoms with E-state index in [0.29, 0.717) is 11.1 Å². The van der Waals surface area contributed by atoms with Crippen molar-refractivity contribution in [2.75, 3.05) is 7.11 Å². The number of carbonyl (C=O) groups excluding carboxylic acids is 1. The Labute approximate surface area is 178 Å². The Hall–Kier alpha value is -4.13. The summed E-state index contributed by atoms with van der Waals surface area (Å²) in [7, 11) is 3.23. The number of esters is 1. The SMILES string of the molecule is COC(=O)c1ccc(O)c(C(c2ccc([N+](=O)[O-])cc2)c2cn(C)c3ccccc23)c1. The Balaban J connectivity index is 1.98. The quantitative estimate of drug-likeness (QED) is 0.288. The molecule has 1 unspecified atom stereocenters. The number of non-ortho nitro benzene ring substituents is 1. The van der Waals surface area contributed by atoms with Crippen LogP contribution in [0.3, 0.4) is 0 Å². The van der Waals surface area contributed by atoms with Crippen LogP contribution in [0, 0.1) is 10.1 Å². The molecule has 4 aromatic rings. The molecule has 1 aromatic heterocycles. The first-order valence-electron chi connectivity index (χ1n) is 9.60. The van der Waals surface area contributed by atoms with E-state index in [9.17, 15) is 20.0 Å². The third-order valence-corrected chi connectivity index (χ3v) is 5.44. The lowest BCUT2D eigenvalue weighted by atomic mass is 9.83. The lowest BCUT2D eigenvalue weighted by Gasteiger charge is -2.20. The van der Waals surface area contributed by atoms with E-state index in [0.717, 1.165) is 22.0 Å². The normalized spacial score (nSPS) is 11.9. The van der Waals surface area contributed by atoms with Gasteiger partial charge in [-0.05, 0) is 35.4 Å². The van der Waals surface area contributed by atoms with Gasteiger partial charge in [0.15, 0.2) is 0 Å². The van der Waals surface area contributed by atoms with Crippen LogP contribution < -0.4 is 0 Å². The van der Waals surface area contributed by atoms with Crippen molar-refractivity contribution < 1.29 is 19.6 Å². The Bertz CT molecular complexity index is 1290. The number of fused-ring (bicyclic) bond motifs is 1. The van der Waals surface area contributed by atoms with Crippen molar-refractivity contribution in [3.8, 4) is 5.75 Å². The van der Waals surface area contributed by atoms with Crippen LogP contribution in [-0.4, -0.2) is 27.7 Å². The number of methoxy groups -OCH3 is 1. The minimum Gasteiger partial charge on any atom is -0.508 e. The van der Waals surface area contributed by atoms with Gasteiger partial charge in [-0.1, -0.05) is 30.3 Å². The van der Waals surface area contributed by atoms with Gasteiger partial charge >= 0.3 is 5.97 Å². The molecule has 0 fully saturated rings. The minimum absolute atomic E-state index is 0.0175. The number of ether oxygens (including phenoxy) is 1. The number of benzene rings is 3. The van der Waals surface area contributed by atoms with Crippen LogP contribution in [0.25, 0.3) is 10.9 Å². The number of hydrogen-bond acceptors (Lipinski definition) is 5. The number of aromatic nitrogens is 1. The Morgan fingerprint density at radius 2 is 1.77 bits per heavy atom. The third kappa shape index (κ3) is 3.61. The summed E-state index contributed by atoms with van der Waals surface area (Å²) >= 11 is 0.